The molecule has 0 aromatic heterocycles. The largest absolute Gasteiger partial charge is 0.496 e. The summed E-state index contributed by atoms with van der Waals surface area (Å²) in [5, 5.41) is 7.30. The highest BCUT2D eigenvalue weighted by Gasteiger charge is 2.26. The number of para-hydroxylation sites is 1. The van der Waals surface area contributed by atoms with Gasteiger partial charge in [0.1, 0.15) is 5.75 Å². The summed E-state index contributed by atoms with van der Waals surface area (Å²) in [5.74, 6) is 1.89. The number of likely N-dealkylation sites (tertiary alicyclic amines) is 2. The molecule has 0 spiro atoms. The van der Waals surface area contributed by atoms with Crippen molar-refractivity contribution in [3.05, 3.63) is 29.8 Å². The van der Waals surface area contributed by atoms with Crippen LogP contribution in [-0.4, -0.2) is 75.2 Å². The first kappa shape index (κ1) is 26.2. The summed E-state index contributed by atoms with van der Waals surface area (Å²) in [6, 6.07) is 9.24. The van der Waals surface area contributed by atoms with Crippen LogP contribution in [0, 0.1) is 0 Å². The van der Waals surface area contributed by atoms with Crippen molar-refractivity contribution in [2.45, 2.75) is 57.5 Å². The first-order valence-corrected chi connectivity index (χ1v) is 11.8. The number of nitrogens with one attached hydrogen (secondary N) is 2. The summed E-state index contributed by atoms with van der Waals surface area (Å²) in [6.07, 6.45) is 7.49. The van der Waals surface area contributed by atoms with Gasteiger partial charge >= 0.3 is 0 Å². The fraction of sp³-hybridized carbons (Fsp3) is 0.708. The topological polar surface area (TPSA) is 52.1 Å². The summed E-state index contributed by atoms with van der Waals surface area (Å²) in [6.45, 7) is 8.96. The number of benzene rings is 1. The molecule has 2 aliphatic rings. The first-order chi connectivity index (χ1) is 14.7. The van der Waals surface area contributed by atoms with Crippen LogP contribution < -0.4 is 15.4 Å². The van der Waals surface area contributed by atoms with Gasteiger partial charge in [0.15, 0.2) is 5.96 Å². The number of guanidine groups is 1. The lowest BCUT2D eigenvalue weighted by molar-refractivity contribution is 0.161. The van der Waals surface area contributed by atoms with E-state index in [4.69, 9.17) is 4.74 Å². The van der Waals surface area contributed by atoms with Gasteiger partial charge in [-0.25, -0.2) is 0 Å². The lowest BCUT2D eigenvalue weighted by Gasteiger charge is -2.36. The molecule has 2 heterocycles. The fourth-order valence-corrected chi connectivity index (χ4v) is 4.81. The molecule has 1 aromatic carbocycles. The quantitative estimate of drug-likeness (QED) is 0.296. The predicted octanol–water partition coefficient (Wildman–Crippen LogP) is 3.88. The molecule has 31 heavy (non-hydrogen) atoms. The van der Waals surface area contributed by atoms with E-state index >= 15 is 0 Å². The molecule has 1 atom stereocenters. The van der Waals surface area contributed by atoms with Crippen molar-refractivity contribution in [2.24, 2.45) is 4.99 Å². The van der Waals surface area contributed by atoms with Gasteiger partial charge in [-0.05, 0) is 57.8 Å². The highest BCUT2D eigenvalue weighted by molar-refractivity contribution is 14.0. The Balaban J connectivity index is 0.00000341. The van der Waals surface area contributed by atoms with E-state index < -0.39 is 0 Å². The second kappa shape index (κ2) is 14.2. The molecule has 3 rings (SSSR count). The Kier molecular flexibility index (Phi) is 12.0. The van der Waals surface area contributed by atoms with Crippen LogP contribution >= 0.6 is 24.0 Å². The Labute approximate surface area is 206 Å². The van der Waals surface area contributed by atoms with Gasteiger partial charge in [-0.1, -0.05) is 31.5 Å². The minimum absolute atomic E-state index is 0. The molecule has 7 heteroatoms. The number of hydrogen-bond acceptors (Lipinski definition) is 4. The number of halogens is 1. The van der Waals surface area contributed by atoms with E-state index in [1.807, 2.05) is 7.05 Å². The smallest absolute Gasteiger partial charge is 0.191 e. The maximum absolute atomic E-state index is 5.70. The Hall–Kier alpha value is -1.06. The van der Waals surface area contributed by atoms with Crippen molar-refractivity contribution >= 4 is 29.9 Å². The second-order valence-corrected chi connectivity index (χ2v) is 8.57. The van der Waals surface area contributed by atoms with Gasteiger partial charge in [-0.2, -0.15) is 0 Å². The van der Waals surface area contributed by atoms with Crippen molar-refractivity contribution in [3.63, 3.8) is 0 Å². The molecule has 0 bridgehead atoms. The molecule has 6 nitrogen and oxygen atoms in total. The Morgan fingerprint density at radius 1 is 1.13 bits per heavy atom. The number of piperidine rings is 2. The SMILES string of the molecule is CCCN1CCC(NC(=NC)NCC(c2ccccc2OC)N2CCCCC2)CC1.I. The molecule has 2 fully saturated rings. The van der Waals surface area contributed by atoms with E-state index in [-0.39, 0.29) is 30.0 Å². The standard InChI is InChI=1S/C24H41N5O.HI/c1-4-14-28-17-12-20(13-18-28)27-24(25-2)26-19-22(29-15-8-5-9-16-29)21-10-6-7-11-23(21)30-3;/h6-7,10-11,20,22H,4-5,8-9,12-19H2,1-3H3,(H2,25,26,27);1H. The van der Waals surface area contributed by atoms with Crippen LogP contribution in [0.2, 0.25) is 0 Å². The predicted molar refractivity (Wildman–Crippen MR) is 141 cm³/mol. The number of ether oxygens (including phenoxy) is 1. The second-order valence-electron chi connectivity index (χ2n) is 8.57. The molecule has 0 aliphatic carbocycles. The summed E-state index contributed by atoms with van der Waals surface area (Å²) < 4.78 is 5.70. The third kappa shape index (κ3) is 7.79. The fourth-order valence-electron chi connectivity index (χ4n) is 4.81. The zero-order chi connectivity index (χ0) is 21.2. The van der Waals surface area contributed by atoms with Crippen molar-refractivity contribution in [1.29, 1.82) is 0 Å². The van der Waals surface area contributed by atoms with Crippen LogP contribution in [0.1, 0.15) is 57.1 Å². The summed E-state index contributed by atoms with van der Waals surface area (Å²) in [5.41, 5.74) is 1.26. The summed E-state index contributed by atoms with van der Waals surface area (Å²) >= 11 is 0. The lowest BCUT2D eigenvalue weighted by atomic mass is 10.0. The Morgan fingerprint density at radius 2 is 1.84 bits per heavy atom. The first-order valence-electron chi connectivity index (χ1n) is 11.8. The third-order valence-electron chi connectivity index (χ3n) is 6.48. The van der Waals surface area contributed by atoms with Crippen LogP contribution in [0.4, 0.5) is 0 Å². The highest BCUT2D eigenvalue weighted by atomic mass is 127. The normalized spacial score (nSPS) is 20.0. The zero-order valence-corrected chi connectivity index (χ0v) is 21.9. The van der Waals surface area contributed by atoms with E-state index in [1.165, 1.54) is 63.7 Å². The van der Waals surface area contributed by atoms with E-state index in [0.717, 1.165) is 31.3 Å². The van der Waals surface area contributed by atoms with Crippen molar-refractivity contribution < 1.29 is 4.74 Å². The number of methoxy groups -OCH3 is 1. The molecule has 176 valence electrons. The molecular weight excluding hydrogens is 501 g/mol. The molecule has 0 amide bonds. The van der Waals surface area contributed by atoms with Crippen LogP contribution in [0.15, 0.2) is 29.3 Å². The minimum Gasteiger partial charge on any atom is -0.496 e. The maximum atomic E-state index is 5.70. The summed E-state index contributed by atoms with van der Waals surface area (Å²) in [4.78, 5) is 9.70. The average Bonchev–Trinajstić information content (AvgIpc) is 2.80. The van der Waals surface area contributed by atoms with E-state index in [9.17, 15) is 0 Å². The van der Waals surface area contributed by atoms with E-state index in [0.29, 0.717) is 6.04 Å². The number of rotatable bonds is 8. The van der Waals surface area contributed by atoms with Crippen LogP contribution in [0.5, 0.6) is 5.75 Å². The molecular formula is C24H42IN5O. The van der Waals surface area contributed by atoms with Gasteiger partial charge in [0.2, 0.25) is 0 Å². The van der Waals surface area contributed by atoms with Crippen LogP contribution in [0.25, 0.3) is 0 Å². The third-order valence-corrected chi connectivity index (χ3v) is 6.48. The molecule has 0 saturated carbocycles. The van der Waals surface area contributed by atoms with E-state index in [2.05, 4.69) is 56.6 Å². The van der Waals surface area contributed by atoms with Crippen LogP contribution in [0.3, 0.4) is 0 Å². The minimum atomic E-state index is 0. The lowest BCUT2D eigenvalue weighted by Crippen LogP contribution is -2.50. The Bertz CT molecular complexity index is 657. The maximum Gasteiger partial charge on any atom is 0.191 e. The average molecular weight is 544 g/mol. The van der Waals surface area contributed by atoms with Gasteiger partial charge < -0.3 is 20.3 Å². The number of hydrogen-bond donors (Lipinski definition) is 2. The van der Waals surface area contributed by atoms with Gasteiger partial charge in [-0.15, -0.1) is 24.0 Å². The molecule has 0 radical (unpaired) electrons. The van der Waals surface area contributed by atoms with Crippen molar-refractivity contribution in [3.8, 4) is 5.75 Å². The van der Waals surface area contributed by atoms with Gasteiger partial charge in [0.25, 0.3) is 0 Å². The van der Waals surface area contributed by atoms with Crippen LogP contribution in [-0.2, 0) is 0 Å². The van der Waals surface area contributed by atoms with Gasteiger partial charge in [-0.3, -0.25) is 9.89 Å². The van der Waals surface area contributed by atoms with E-state index in [1.54, 1.807) is 7.11 Å². The van der Waals surface area contributed by atoms with Gasteiger partial charge in [0.05, 0.1) is 13.2 Å². The number of aliphatic imine (C=N–C) groups is 1. The highest BCUT2D eigenvalue weighted by Crippen LogP contribution is 2.30. The summed E-state index contributed by atoms with van der Waals surface area (Å²) in [7, 11) is 3.64. The Morgan fingerprint density at radius 3 is 2.48 bits per heavy atom. The van der Waals surface area contributed by atoms with Gasteiger partial charge in [0, 0.05) is 38.3 Å². The molecule has 2 N–H and O–H groups in total. The molecule has 1 aromatic rings. The zero-order valence-electron chi connectivity index (χ0n) is 19.6. The monoisotopic (exact) mass is 543 g/mol. The van der Waals surface area contributed by atoms with Crippen molar-refractivity contribution in [1.82, 2.24) is 20.4 Å². The molecule has 2 saturated heterocycles. The molecule has 1 unspecified atom stereocenters. The number of nitrogens with zero attached hydrogens (tertiary/aromatic N) is 3. The molecule has 2 aliphatic heterocycles. The van der Waals surface area contributed by atoms with Crippen molar-refractivity contribution in [2.75, 3.05) is 53.4 Å².